The number of hydrogen-bond acceptors (Lipinski definition) is 4. The van der Waals surface area contributed by atoms with E-state index in [2.05, 4.69) is 5.32 Å². The summed E-state index contributed by atoms with van der Waals surface area (Å²) in [5.41, 5.74) is -0.536. The van der Waals surface area contributed by atoms with Crippen molar-refractivity contribution < 1.29 is 14.6 Å². The van der Waals surface area contributed by atoms with E-state index in [0.717, 1.165) is 19.4 Å². The fraction of sp³-hybridized carbons (Fsp3) is 1.00. The summed E-state index contributed by atoms with van der Waals surface area (Å²) in [4.78, 5) is 0. The summed E-state index contributed by atoms with van der Waals surface area (Å²) in [5.74, 6) is 0. The average molecular weight is 271 g/mol. The summed E-state index contributed by atoms with van der Waals surface area (Å²) in [6.45, 7) is 3.98. The molecule has 1 aliphatic carbocycles. The smallest absolute Gasteiger partial charge is 0.0765 e. The van der Waals surface area contributed by atoms with Gasteiger partial charge in [0.05, 0.1) is 11.2 Å². The molecule has 1 saturated carbocycles. The van der Waals surface area contributed by atoms with E-state index < -0.39 is 5.60 Å². The van der Waals surface area contributed by atoms with Crippen LogP contribution in [0, 0.1) is 0 Å². The van der Waals surface area contributed by atoms with Crippen LogP contribution in [-0.4, -0.2) is 49.2 Å². The molecule has 112 valence electrons. The summed E-state index contributed by atoms with van der Waals surface area (Å²) in [6.07, 6.45) is 7.87. The molecule has 4 nitrogen and oxygen atoms in total. The van der Waals surface area contributed by atoms with Crippen molar-refractivity contribution >= 4 is 0 Å². The molecule has 0 aromatic carbocycles. The van der Waals surface area contributed by atoms with E-state index in [1.807, 2.05) is 6.92 Å². The van der Waals surface area contributed by atoms with Crippen LogP contribution in [-0.2, 0) is 9.47 Å². The fourth-order valence-electron chi connectivity index (χ4n) is 3.34. The molecule has 0 radical (unpaired) electrons. The minimum Gasteiger partial charge on any atom is -0.389 e. The van der Waals surface area contributed by atoms with E-state index in [1.54, 1.807) is 7.11 Å². The van der Waals surface area contributed by atoms with Gasteiger partial charge in [-0.2, -0.15) is 0 Å². The number of ether oxygens (including phenoxy) is 2. The molecule has 1 heterocycles. The van der Waals surface area contributed by atoms with Gasteiger partial charge in [0.15, 0.2) is 0 Å². The van der Waals surface area contributed by atoms with E-state index >= 15 is 0 Å². The van der Waals surface area contributed by atoms with Crippen molar-refractivity contribution in [1.82, 2.24) is 5.32 Å². The molecule has 2 rings (SSSR count). The first-order chi connectivity index (χ1) is 9.05. The highest BCUT2D eigenvalue weighted by molar-refractivity contribution is 4.94. The molecule has 2 aliphatic rings. The maximum atomic E-state index is 10.3. The van der Waals surface area contributed by atoms with Gasteiger partial charge in [-0.05, 0) is 32.6 Å². The second-order valence-electron chi connectivity index (χ2n) is 6.55. The van der Waals surface area contributed by atoms with Gasteiger partial charge >= 0.3 is 0 Å². The van der Waals surface area contributed by atoms with Crippen LogP contribution in [0.4, 0.5) is 0 Å². The zero-order valence-corrected chi connectivity index (χ0v) is 12.4. The van der Waals surface area contributed by atoms with Crippen molar-refractivity contribution in [3.05, 3.63) is 0 Å². The van der Waals surface area contributed by atoms with Gasteiger partial charge in [0, 0.05) is 39.3 Å². The number of rotatable bonds is 6. The molecular formula is C15H29NO3. The Labute approximate surface area is 116 Å². The molecule has 2 N–H and O–H groups in total. The van der Waals surface area contributed by atoms with Gasteiger partial charge in [-0.1, -0.05) is 12.8 Å². The lowest BCUT2D eigenvalue weighted by Gasteiger charge is -2.39. The van der Waals surface area contributed by atoms with Crippen LogP contribution in [0.3, 0.4) is 0 Å². The molecule has 2 unspecified atom stereocenters. The largest absolute Gasteiger partial charge is 0.389 e. The summed E-state index contributed by atoms with van der Waals surface area (Å²) in [5, 5.41) is 13.8. The van der Waals surface area contributed by atoms with Crippen LogP contribution >= 0.6 is 0 Å². The number of nitrogens with one attached hydrogen (secondary N) is 1. The van der Waals surface area contributed by atoms with Gasteiger partial charge < -0.3 is 19.9 Å². The molecule has 0 bridgehead atoms. The van der Waals surface area contributed by atoms with E-state index in [-0.39, 0.29) is 5.60 Å². The molecule has 1 spiro atoms. The Balaban J connectivity index is 1.76. The van der Waals surface area contributed by atoms with Crippen LogP contribution in [0.15, 0.2) is 0 Å². The molecular weight excluding hydrogens is 242 g/mol. The molecule has 1 aliphatic heterocycles. The van der Waals surface area contributed by atoms with Gasteiger partial charge in [0.2, 0.25) is 0 Å². The Morgan fingerprint density at radius 1 is 1.42 bits per heavy atom. The highest BCUT2D eigenvalue weighted by Crippen LogP contribution is 2.39. The lowest BCUT2D eigenvalue weighted by Crippen LogP contribution is -2.49. The molecule has 0 amide bonds. The number of methoxy groups -OCH3 is 1. The van der Waals surface area contributed by atoms with Crippen LogP contribution < -0.4 is 5.32 Å². The SMILES string of the molecule is COCCC(C)(O)CNC1CCOC2(CCCC2)C1. The quantitative estimate of drug-likeness (QED) is 0.774. The molecule has 0 aromatic heterocycles. The molecule has 0 aromatic rings. The predicted octanol–water partition coefficient (Wildman–Crippen LogP) is 1.86. The van der Waals surface area contributed by atoms with E-state index in [1.165, 1.54) is 25.7 Å². The topological polar surface area (TPSA) is 50.7 Å². The Morgan fingerprint density at radius 3 is 2.84 bits per heavy atom. The molecule has 2 fully saturated rings. The maximum Gasteiger partial charge on any atom is 0.0765 e. The minimum absolute atomic E-state index is 0.147. The number of hydrogen-bond donors (Lipinski definition) is 2. The first-order valence-corrected chi connectivity index (χ1v) is 7.64. The highest BCUT2D eigenvalue weighted by atomic mass is 16.5. The Bertz CT molecular complexity index is 275. The normalized spacial score (nSPS) is 29.5. The summed E-state index contributed by atoms with van der Waals surface area (Å²) in [6, 6.07) is 0.487. The van der Waals surface area contributed by atoms with Crippen molar-refractivity contribution in [1.29, 1.82) is 0 Å². The first-order valence-electron chi connectivity index (χ1n) is 7.64. The Morgan fingerprint density at radius 2 is 2.16 bits per heavy atom. The van der Waals surface area contributed by atoms with Crippen LogP contribution in [0.2, 0.25) is 0 Å². The van der Waals surface area contributed by atoms with Crippen molar-refractivity contribution in [3.8, 4) is 0 Å². The average Bonchev–Trinajstić information content (AvgIpc) is 2.82. The van der Waals surface area contributed by atoms with E-state index in [4.69, 9.17) is 9.47 Å². The molecule has 2 atom stereocenters. The van der Waals surface area contributed by atoms with Crippen molar-refractivity contribution in [2.75, 3.05) is 26.9 Å². The third-order valence-corrected chi connectivity index (χ3v) is 4.62. The maximum absolute atomic E-state index is 10.3. The van der Waals surface area contributed by atoms with Crippen LogP contribution in [0.5, 0.6) is 0 Å². The second-order valence-corrected chi connectivity index (χ2v) is 6.55. The molecule has 4 heteroatoms. The first kappa shape index (κ1) is 15.2. The number of aliphatic hydroxyl groups is 1. The lowest BCUT2D eigenvalue weighted by molar-refractivity contribution is -0.0862. The summed E-state index contributed by atoms with van der Waals surface area (Å²) < 4.78 is 11.1. The van der Waals surface area contributed by atoms with Gasteiger partial charge in [-0.25, -0.2) is 0 Å². The summed E-state index contributed by atoms with van der Waals surface area (Å²) >= 11 is 0. The zero-order valence-electron chi connectivity index (χ0n) is 12.4. The second kappa shape index (κ2) is 6.53. The fourth-order valence-corrected chi connectivity index (χ4v) is 3.34. The van der Waals surface area contributed by atoms with Gasteiger partial charge in [0.25, 0.3) is 0 Å². The van der Waals surface area contributed by atoms with Gasteiger partial charge in [0.1, 0.15) is 0 Å². The van der Waals surface area contributed by atoms with Gasteiger partial charge in [-0.3, -0.25) is 0 Å². The lowest BCUT2D eigenvalue weighted by atomic mass is 9.88. The standard InChI is InChI=1S/C15H29NO3/c1-14(17,8-10-18-2)12-16-13-5-9-19-15(11-13)6-3-4-7-15/h13,16-17H,3-12H2,1-2H3. The zero-order chi connectivity index (χ0) is 13.8. The minimum atomic E-state index is -0.683. The molecule has 19 heavy (non-hydrogen) atoms. The van der Waals surface area contributed by atoms with Crippen LogP contribution in [0.1, 0.15) is 51.9 Å². The summed E-state index contributed by atoms with van der Waals surface area (Å²) in [7, 11) is 1.67. The van der Waals surface area contributed by atoms with Crippen molar-refractivity contribution in [3.63, 3.8) is 0 Å². The van der Waals surface area contributed by atoms with Crippen LogP contribution in [0.25, 0.3) is 0 Å². The van der Waals surface area contributed by atoms with Crippen molar-refractivity contribution in [2.24, 2.45) is 0 Å². The third kappa shape index (κ3) is 4.42. The monoisotopic (exact) mass is 271 g/mol. The predicted molar refractivity (Wildman–Crippen MR) is 75.3 cm³/mol. The van der Waals surface area contributed by atoms with Crippen molar-refractivity contribution in [2.45, 2.75) is 69.1 Å². The Kier molecular flexibility index (Phi) is 5.23. The van der Waals surface area contributed by atoms with Gasteiger partial charge in [-0.15, -0.1) is 0 Å². The Hall–Kier alpha value is -0.160. The third-order valence-electron chi connectivity index (χ3n) is 4.62. The highest BCUT2D eigenvalue weighted by Gasteiger charge is 2.40. The van der Waals surface area contributed by atoms with E-state index in [0.29, 0.717) is 25.6 Å². The molecule has 1 saturated heterocycles. The van der Waals surface area contributed by atoms with E-state index in [9.17, 15) is 5.11 Å².